The minimum atomic E-state index is 0.275. The molecule has 0 aliphatic heterocycles. The second-order valence-electron chi connectivity index (χ2n) is 4.76. The first-order valence-electron chi connectivity index (χ1n) is 6.05. The molecule has 0 radical (unpaired) electrons. The molecule has 1 saturated carbocycles. The van der Waals surface area contributed by atoms with Crippen LogP contribution in [0.3, 0.4) is 0 Å². The molecule has 90 valence electrons. The molecule has 0 heterocycles. The molecule has 0 spiro atoms. The van der Waals surface area contributed by atoms with Gasteiger partial charge in [0.05, 0.1) is 22.8 Å². The molecular formula is C14H16ClNO. The summed E-state index contributed by atoms with van der Waals surface area (Å²) >= 11 is 6.08. The van der Waals surface area contributed by atoms with Crippen molar-refractivity contribution in [3.8, 4) is 11.8 Å². The first-order valence-corrected chi connectivity index (χ1v) is 6.43. The van der Waals surface area contributed by atoms with Crippen molar-refractivity contribution in [3.63, 3.8) is 0 Å². The van der Waals surface area contributed by atoms with Crippen molar-refractivity contribution in [2.75, 3.05) is 0 Å². The van der Waals surface area contributed by atoms with Gasteiger partial charge in [-0.1, -0.05) is 18.5 Å². The van der Waals surface area contributed by atoms with E-state index in [1.807, 2.05) is 0 Å². The van der Waals surface area contributed by atoms with Crippen molar-refractivity contribution in [2.24, 2.45) is 5.92 Å². The molecule has 0 atom stereocenters. The van der Waals surface area contributed by atoms with Crippen LogP contribution in [0.4, 0.5) is 0 Å². The number of benzene rings is 1. The largest absolute Gasteiger partial charge is 0.489 e. The standard InChI is InChI=1S/C14H16ClNO/c1-10-2-5-12(6-3-10)17-14-7-4-11(9-16)8-13(14)15/h4,7-8,10,12H,2-3,5-6H2,1H3. The highest BCUT2D eigenvalue weighted by molar-refractivity contribution is 6.32. The van der Waals surface area contributed by atoms with E-state index in [0.717, 1.165) is 18.8 Å². The number of halogens is 1. The Morgan fingerprint density at radius 1 is 1.29 bits per heavy atom. The number of hydrogen-bond donors (Lipinski definition) is 0. The van der Waals surface area contributed by atoms with Crippen LogP contribution in [0.1, 0.15) is 38.2 Å². The Hall–Kier alpha value is -1.20. The third kappa shape index (κ3) is 3.14. The number of hydrogen-bond acceptors (Lipinski definition) is 2. The highest BCUT2D eigenvalue weighted by atomic mass is 35.5. The minimum Gasteiger partial charge on any atom is -0.489 e. The van der Waals surface area contributed by atoms with Crippen molar-refractivity contribution in [1.82, 2.24) is 0 Å². The number of nitrogens with zero attached hydrogens (tertiary/aromatic N) is 1. The van der Waals surface area contributed by atoms with Crippen LogP contribution in [0, 0.1) is 17.2 Å². The molecule has 2 rings (SSSR count). The molecule has 1 fully saturated rings. The molecule has 0 unspecified atom stereocenters. The Balaban J connectivity index is 2.02. The summed E-state index contributed by atoms with van der Waals surface area (Å²) in [5.41, 5.74) is 0.569. The van der Waals surface area contributed by atoms with E-state index < -0.39 is 0 Å². The van der Waals surface area contributed by atoms with E-state index in [-0.39, 0.29) is 6.10 Å². The van der Waals surface area contributed by atoms with Gasteiger partial charge in [-0.15, -0.1) is 0 Å². The lowest BCUT2D eigenvalue weighted by Gasteiger charge is -2.27. The summed E-state index contributed by atoms with van der Waals surface area (Å²) in [6.07, 6.45) is 4.91. The normalized spacial score (nSPS) is 24.1. The lowest BCUT2D eigenvalue weighted by Crippen LogP contribution is -2.23. The van der Waals surface area contributed by atoms with Gasteiger partial charge in [-0.3, -0.25) is 0 Å². The molecule has 0 aromatic heterocycles. The van der Waals surface area contributed by atoms with Crippen molar-refractivity contribution in [3.05, 3.63) is 28.8 Å². The summed E-state index contributed by atoms with van der Waals surface area (Å²) in [5, 5.41) is 9.28. The third-order valence-electron chi connectivity index (χ3n) is 3.32. The molecule has 1 aliphatic carbocycles. The van der Waals surface area contributed by atoms with E-state index in [4.69, 9.17) is 21.6 Å². The van der Waals surface area contributed by atoms with Gasteiger partial charge in [0.15, 0.2) is 0 Å². The van der Waals surface area contributed by atoms with Crippen LogP contribution in [0.2, 0.25) is 5.02 Å². The smallest absolute Gasteiger partial charge is 0.138 e. The van der Waals surface area contributed by atoms with Gasteiger partial charge in [-0.25, -0.2) is 0 Å². The maximum Gasteiger partial charge on any atom is 0.138 e. The molecular weight excluding hydrogens is 234 g/mol. The monoisotopic (exact) mass is 249 g/mol. The molecule has 17 heavy (non-hydrogen) atoms. The van der Waals surface area contributed by atoms with Crippen molar-refractivity contribution < 1.29 is 4.74 Å². The highest BCUT2D eigenvalue weighted by Gasteiger charge is 2.20. The van der Waals surface area contributed by atoms with Gasteiger partial charge in [-0.05, 0) is 49.8 Å². The summed E-state index contributed by atoms with van der Waals surface area (Å²) in [4.78, 5) is 0. The van der Waals surface area contributed by atoms with Crippen LogP contribution >= 0.6 is 11.6 Å². The Morgan fingerprint density at radius 3 is 2.59 bits per heavy atom. The third-order valence-corrected chi connectivity index (χ3v) is 3.61. The van der Waals surface area contributed by atoms with Crippen LogP contribution in [-0.2, 0) is 0 Å². The average Bonchev–Trinajstić information content (AvgIpc) is 2.34. The van der Waals surface area contributed by atoms with E-state index >= 15 is 0 Å². The molecule has 0 amide bonds. The van der Waals surface area contributed by atoms with Crippen LogP contribution in [0.15, 0.2) is 18.2 Å². The minimum absolute atomic E-state index is 0.275. The van der Waals surface area contributed by atoms with Gasteiger partial charge in [0.2, 0.25) is 0 Å². The first kappa shape index (κ1) is 12.3. The molecule has 0 N–H and O–H groups in total. The van der Waals surface area contributed by atoms with E-state index in [2.05, 4.69) is 13.0 Å². The summed E-state index contributed by atoms with van der Waals surface area (Å²) in [6.45, 7) is 2.28. The van der Waals surface area contributed by atoms with Gasteiger partial charge in [0.1, 0.15) is 5.75 Å². The van der Waals surface area contributed by atoms with Crippen LogP contribution < -0.4 is 4.74 Å². The molecule has 2 nitrogen and oxygen atoms in total. The number of rotatable bonds is 2. The van der Waals surface area contributed by atoms with Crippen LogP contribution in [0.25, 0.3) is 0 Å². The van der Waals surface area contributed by atoms with Crippen molar-refractivity contribution in [2.45, 2.75) is 38.7 Å². The molecule has 0 bridgehead atoms. The summed E-state index contributed by atoms with van der Waals surface area (Å²) in [6, 6.07) is 7.25. The van der Waals surface area contributed by atoms with Gasteiger partial charge in [0, 0.05) is 0 Å². The molecule has 1 aromatic carbocycles. The molecule has 0 saturated heterocycles. The van der Waals surface area contributed by atoms with Crippen molar-refractivity contribution >= 4 is 11.6 Å². The lowest BCUT2D eigenvalue weighted by atomic mass is 9.89. The zero-order chi connectivity index (χ0) is 12.3. The van der Waals surface area contributed by atoms with Gasteiger partial charge in [0.25, 0.3) is 0 Å². The van der Waals surface area contributed by atoms with E-state index in [0.29, 0.717) is 16.3 Å². The fourth-order valence-corrected chi connectivity index (χ4v) is 2.42. The highest BCUT2D eigenvalue weighted by Crippen LogP contribution is 2.31. The lowest BCUT2D eigenvalue weighted by molar-refractivity contribution is 0.135. The van der Waals surface area contributed by atoms with Crippen LogP contribution in [0.5, 0.6) is 5.75 Å². The zero-order valence-corrected chi connectivity index (χ0v) is 10.7. The van der Waals surface area contributed by atoms with Gasteiger partial charge >= 0.3 is 0 Å². The predicted octanol–water partition coefficient (Wildman–Crippen LogP) is 4.17. The Bertz CT molecular complexity index is 430. The summed E-state index contributed by atoms with van der Waals surface area (Å²) < 4.78 is 5.89. The Labute approximate surface area is 107 Å². The SMILES string of the molecule is CC1CCC(Oc2ccc(C#N)cc2Cl)CC1. The topological polar surface area (TPSA) is 33.0 Å². The second-order valence-corrected chi connectivity index (χ2v) is 5.16. The fraction of sp³-hybridized carbons (Fsp3) is 0.500. The molecule has 1 aromatic rings. The fourth-order valence-electron chi connectivity index (χ4n) is 2.19. The van der Waals surface area contributed by atoms with Crippen LogP contribution in [-0.4, -0.2) is 6.10 Å². The van der Waals surface area contributed by atoms with E-state index in [1.165, 1.54) is 12.8 Å². The quantitative estimate of drug-likeness (QED) is 0.788. The maximum absolute atomic E-state index is 8.75. The van der Waals surface area contributed by atoms with Gasteiger partial charge < -0.3 is 4.74 Å². The predicted molar refractivity (Wildman–Crippen MR) is 68.2 cm³/mol. The average molecular weight is 250 g/mol. The van der Waals surface area contributed by atoms with Gasteiger partial charge in [-0.2, -0.15) is 5.26 Å². The van der Waals surface area contributed by atoms with E-state index in [9.17, 15) is 0 Å². The number of nitriles is 1. The Morgan fingerprint density at radius 2 is 2.00 bits per heavy atom. The maximum atomic E-state index is 8.75. The summed E-state index contributed by atoms with van der Waals surface area (Å²) in [5.74, 6) is 1.51. The zero-order valence-electron chi connectivity index (χ0n) is 9.95. The molecule has 3 heteroatoms. The van der Waals surface area contributed by atoms with Crippen molar-refractivity contribution in [1.29, 1.82) is 5.26 Å². The number of ether oxygens (including phenoxy) is 1. The Kier molecular flexibility index (Phi) is 3.91. The molecule has 1 aliphatic rings. The second kappa shape index (κ2) is 5.42. The van der Waals surface area contributed by atoms with E-state index in [1.54, 1.807) is 18.2 Å². The first-order chi connectivity index (χ1) is 8.19. The summed E-state index contributed by atoms with van der Waals surface area (Å²) in [7, 11) is 0.